The average Bonchev–Trinajstić information content (AvgIpc) is 2.37. The predicted molar refractivity (Wildman–Crippen MR) is 75.5 cm³/mol. The van der Waals surface area contributed by atoms with Gasteiger partial charge in [0.2, 0.25) is 0 Å². The minimum Gasteiger partial charge on any atom is -0.434 e. The van der Waals surface area contributed by atoms with Crippen molar-refractivity contribution in [2.45, 2.75) is 4.90 Å². The Bertz CT molecular complexity index is 807. The molecule has 0 unspecified atom stereocenters. The van der Waals surface area contributed by atoms with E-state index in [4.69, 9.17) is 16.3 Å². The number of rotatable bonds is 4. The van der Waals surface area contributed by atoms with E-state index in [1.54, 1.807) is 0 Å². The first-order chi connectivity index (χ1) is 9.77. The van der Waals surface area contributed by atoms with Crippen LogP contribution in [0.1, 0.15) is 0 Å². The largest absolute Gasteiger partial charge is 0.434 e. The highest BCUT2D eigenvalue weighted by atomic mass is 35.5. The van der Waals surface area contributed by atoms with Gasteiger partial charge in [0.1, 0.15) is 10.9 Å². The fourth-order valence-corrected chi connectivity index (χ4v) is 2.30. The molecule has 7 nitrogen and oxygen atoms in total. The quantitative estimate of drug-likeness (QED) is 0.486. The van der Waals surface area contributed by atoms with Gasteiger partial charge in [0.05, 0.1) is 9.82 Å². The summed E-state index contributed by atoms with van der Waals surface area (Å²) in [6.07, 6.45) is 1.05. The smallest absolute Gasteiger partial charge is 0.331 e. The molecular weight excluding hydrogens is 320 g/mol. The molecule has 1 heterocycles. The molecule has 2 aromatic rings. The van der Waals surface area contributed by atoms with Gasteiger partial charge in [-0.05, 0) is 24.3 Å². The molecule has 110 valence electrons. The lowest BCUT2D eigenvalue weighted by molar-refractivity contribution is -0.386. The van der Waals surface area contributed by atoms with Crippen LogP contribution >= 0.6 is 11.6 Å². The summed E-state index contributed by atoms with van der Waals surface area (Å²) in [6, 6.07) is 7.98. The molecule has 0 radical (unpaired) electrons. The Morgan fingerprint density at radius 1 is 1.29 bits per heavy atom. The van der Waals surface area contributed by atoms with Gasteiger partial charge in [-0.3, -0.25) is 10.1 Å². The fourth-order valence-electron chi connectivity index (χ4n) is 1.50. The van der Waals surface area contributed by atoms with Gasteiger partial charge < -0.3 is 4.74 Å². The molecule has 0 N–H and O–H groups in total. The molecule has 1 aromatic carbocycles. The van der Waals surface area contributed by atoms with Gasteiger partial charge in [-0.2, -0.15) is 4.98 Å². The maximum Gasteiger partial charge on any atom is 0.331 e. The van der Waals surface area contributed by atoms with Crippen molar-refractivity contribution in [3.63, 3.8) is 0 Å². The third-order valence-electron chi connectivity index (χ3n) is 2.45. The fraction of sp³-hybridized carbons (Fsp3) is 0.0833. The lowest BCUT2D eigenvalue weighted by atomic mass is 10.3. The Labute approximate surface area is 125 Å². The monoisotopic (exact) mass is 328 g/mol. The third-order valence-corrected chi connectivity index (χ3v) is 3.77. The Morgan fingerprint density at radius 3 is 2.62 bits per heavy atom. The highest BCUT2D eigenvalue weighted by molar-refractivity contribution is 7.90. The van der Waals surface area contributed by atoms with Crippen LogP contribution in [0.5, 0.6) is 11.6 Å². The van der Waals surface area contributed by atoms with Crippen molar-refractivity contribution in [1.29, 1.82) is 0 Å². The van der Waals surface area contributed by atoms with Gasteiger partial charge in [-0.25, -0.2) is 8.42 Å². The van der Waals surface area contributed by atoms with Crippen LogP contribution in [0.4, 0.5) is 5.69 Å². The van der Waals surface area contributed by atoms with E-state index >= 15 is 0 Å². The summed E-state index contributed by atoms with van der Waals surface area (Å²) in [4.78, 5) is 14.0. The zero-order valence-electron chi connectivity index (χ0n) is 10.7. The number of sulfone groups is 1. The van der Waals surface area contributed by atoms with E-state index < -0.39 is 14.8 Å². The molecule has 0 fully saturated rings. The normalized spacial score (nSPS) is 11.1. The van der Waals surface area contributed by atoms with Crippen LogP contribution in [0.15, 0.2) is 41.3 Å². The van der Waals surface area contributed by atoms with Gasteiger partial charge in [0, 0.05) is 12.3 Å². The lowest BCUT2D eigenvalue weighted by Gasteiger charge is -2.06. The molecule has 1 aromatic heterocycles. The molecule has 0 saturated heterocycles. The summed E-state index contributed by atoms with van der Waals surface area (Å²) >= 11 is 5.68. The zero-order valence-corrected chi connectivity index (χ0v) is 12.3. The molecule has 9 heteroatoms. The van der Waals surface area contributed by atoms with Crippen molar-refractivity contribution in [3.8, 4) is 11.6 Å². The highest BCUT2D eigenvalue weighted by Gasteiger charge is 2.18. The van der Waals surface area contributed by atoms with Crippen LogP contribution in [0, 0.1) is 10.1 Å². The van der Waals surface area contributed by atoms with Crippen molar-refractivity contribution in [1.82, 2.24) is 4.98 Å². The maximum atomic E-state index is 11.5. The summed E-state index contributed by atoms with van der Waals surface area (Å²) in [7, 11) is -3.41. The number of hydrogen-bond donors (Lipinski definition) is 0. The third kappa shape index (κ3) is 3.67. The maximum absolute atomic E-state index is 11.5. The first kappa shape index (κ1) is 15.2. The van der Waals surface area contributed by atoms with E-state index in [-0.39, 0.29) is 27.4 Å². The SMILES string of the molecule is CS(=O)(=O)c1cccc(Oc2nc(Cl)ccc2[N+](=O)[O-])c1. The Kier molecular flexibility index (Phi) is 4.10. The van der Waals surface area contributed by atoms with E-state index in [1.807, 2.05) is 0 Å². The predicted octanol–water partition coefficient (Wildman–Crippen LogP) is 2.84. The van der Waals surface area contributed by atoms with Crippen LogP contribution < -0.4 is 4.74 Å². The molecule has 0 aliphatic carbocycles. The molecule has 0 bridgehead atoms. The molecule has 0 aliphatic rings. The van der Waals surface area contributed by atoms with Gasteiger partial charge in [0.25, 0.3) is 0 Å². The van der Waals surface area contributed by atoms with Gasteiger partial charge >= 0.3 is 11.6 Å². The number of nitro groups is 1. The summed E-state index contributed by atoms with van der Waals surface area (Å²) in [5.74, 6) is -0.200. The molecule has 0 spiro atoms. The number of halogens is 1. The van der Waals surface area contributed by atoms with Crippen molar-refractivity contribution < 1.29 is 18.1 Å². The first-order valence-electron chi connectivity index (χ1n) is 5.56. The summed E-state index contributed by atoms with van der Waals surface area (Å²) in [5, 5.41) is 10.9. The number of aromatic nitrogens is 1. The summed E-state index contributed by atoms with van der Waals surface area (Å²) < 4.78 is 28.2. The van der Waals surface area contributed by atoms with Crippen molar-refractivity contribution in [3.05, 3.63) is 51.7 Å². The average molecular weight is 329 g/mol. The van der Waals surface area contributed by atoms with E-state index in [2.05, 4.69) is 4.98 Å². The number of benzene rings is 1. The van der Waals surface area contributed by atoms with Crippen LogP contribution in [-0.4, -0.2) is 24.6 Å². The number of ether oxygens (including phenoxy) is 1. The minimum absolute atomic E-state index is 0.0230. The second-order valence-electron chi connectivity index (χ2n) is 4.06. The van der Waals surface area contributed by atoms with E-state index in [1.165, 1.54) is 30.3 Å². The molecule has 0 aliphatic heterocycles. The zero-order chi connectivity index (χ0) is 15.6. The van der Waals surface area contributed by atoms with E-state index in [9.17, 15) is 18.5 Å². The van der Waals surface area contributed by atoms with Gasteiger partial charge in [-0.1, -0.05) is 17.7 Å². The molecule has 0 amide bonds. The minimum atomic E-state index is -3.41. The summed E-state index contributed by atoms with van der Waals surface area (Å²) in [5.41, 5.74) is -0.371. The second-order valence-corrected chi connectivity index (χ2v) is 6.47. The van der Waals surface area contributed by atoms with Crippen LogP contribution in [-0.2, 0) is 9.84 Å². The van der Waals surface area contributed by atoms with Gasteiger partial charge in [-0.15, -0.1) is 0 Å². The number of nitrogens with zero attached hydrogens (tertiary/aromatic N) is 2. The van der Waals surface area contributed by atoms with Crippen LogP contribution in [0.3, 0.4) is 0 Å². The topological polar surface area (TPSA) is 99.4 Å². The van der Waals surface area contributed by atoms with E-state index in [0.717, 1.165) is 12.3 Å². The molecule has 21 heavy (non-hydrogen) atoms. The van der Waals surface area contributed by atoms with Crippen molar-refractivity contribution >= 4 is 27.1 Å². The standard InChI is InChI=1S/C12H9ClN2O5S/c1-21(18,19)9-4-2-3-8(7-9)20-12-10(15(16)17)5-6-11(13)14-12/h2-7H,1H3. The van der Waals surface area contributed by atoms with Crippen LogP contribution in [0.2, 0.25) is 5.15 Å². The Morgan fingerprint density at radius 2 is 2.00 bits per heavy atom. The van der Waals surface area contributed by atoms with Crippen LogP contribution in [0.25, 0.3) is 0 Å². The number of hydrogen-bond acceptors (Lipinski definition) is 6. The van der Waals surface area contributed by atoms with Gasteiger partial charge in [0.15, 0.2) is 9.84 Å². The number of pyridine rings is 1. The second kappa shape index (κ2) is 5.66. The van der Waals surface area contributed by atoms with Crippen molar-refractivity contribution in [2.24, 2.45) is 0 Å². The molecule has 0 atom stereocenters. The van der Waals surface area contributed by atoms with E-state index in [0.29, 0.717) is 0 Å². The van der Waals surface area contributed by atoms with Crippen molar-refractivity contribution in [2.75, 3.05) is 6.26 Å². The molecular formula is C12H9ClN2O5S. The Balaban J connectivity index is 2.43. The first-order valence-corrected chi connectivity index (χ1v) is 7.83. The summed E-state index contributed by atoms with van der Waals surface area (Å²) in [6.45, 7) is 0. The molecule has 2 rings (SSSR count). The molecule has 0 saturated carbocycles. The lowest BCUT2D eigenvalue weighted by Crippen LogP contribution is -1.99. The highest BCUT2D eigenvalue weighted by Crippen LogP contribution is 2.31. The Hall–Kier alpha value is -2.19.